The number of hydrogen-bond donors (Lipinski definition) is 1. The summed E-state index contributed by atoms with van der Waals surface area (Å²) in [6.07, 6.45) is 1.65. The zero-order valence-electron chi connectivity index (χ0n) is 9.89. The number of nitrogens with zero attached hydrogens (tertiary/aromatic N) is 1. The fourth-order valence-corrected chi connectivity index (χ4v) is 1.77. The molecule has 2 aromatic rings. The van der Waals surface area contributed by atoms with Crippen LogP contribution in [0.2, 0.25) is 0 Å². The Labute approximate surface area is 114 Å². The van der Waals surface area contributed by atoms with E-state index >= 15 is 0 Å². The van der Waals surface area contributed by atoms with Gasteiger partial charge in [0.05, 0.1) is 11.1 Å². The van der Waals surface area contributed by atoms with Gasteiger partial charge in [0.15, 0.2) is 5.75 Å². The van der Waals surface area contributed by atoms with Crippen molar-refractivity contribution >= 4 is 21.6 Å². The SMILES string of the molecule is CCOc1cccnc1Oc1cccc(N)c1Br. The first-order valence-electron chi connectivity index (χ1n) is 5.52. The second-order valence-corrected chi connectivity index (χ2v) is 4.29. The average molecular weight is 309 g/mol. The Morgan fingerprint density at radius 3 is 2.78 bits per heavy atom. The number of anilines is 1. The van der Waals surface area contributed by atoms with Crippen molar-refractivity contribution in [3.63, 3.8) is 0 Å². The lowest BCUT2D eigenvalue weighted by Gasteiger charge is -2.11. The van der Waals surface area contributed by atoms with Crippen molar-refractivity contribution in [1.29, 1.82) is 0 Å². The highest BCUT2D eigenvalue weighted by Gasteiger charge is 2.10. The fourth-order valence-electron chi connectivity index (χ4n) is 1.43. The summed E-state index contributed by atoms with van der Waals surface area (Å²) in [5.41, 5.74) is 6.40. The van der Waals surface area contributed by atoms with Gasteiger partial charge >= 0.3 is 0 Å². The number of nitrogen functional groups attached to an aromatic ring is 1. The molecular formula is C13H13BrN2O2. The van der Waals surface area contributed by atoms with Crippen LogP contribution in [-0.2, 0) is 0 Å². The highest BCUT2D eigenvalue weighted by Crippen LogP contribution is 2.36. The Hall–Kier alpha value is -1.75. The van der Waals surface area contributed by atoms with E-state index in [2.05, 4.69) is 20.9 Å². The van der Waals surface area contributed by atoms with Crippen molar-refractivity contribution in [1.82, 2.24) is 4.98 Å². The highest BCUT2D eigenvalue weighted by atomic mass is 79.9. The van der Waals surface area contributed by atoms with Crippen LogP contribution in [0.15, 0.2) is 41.0 Å². The first-order chi connectivity index (χ1) is 8.72. The third-order valence-corrected chi connectivity index (χ3v) is 3.08. The van der Waals surface area contributed by atoms with Crippen LogP contribution in [0.5, 0.6) is 17.4 Å². The molecule has 2 rings (SSSR count). The molecule has 1 aromatic heterocycles. The van der Waals surface area contributed by atoms with Gasteiger partial charge in [-0.2, -0.15) is 0 Å². The monoisotopic (exact) mass is 308 g/mol. The van der Waals surface area contributed by atoms with Crippen LogP contribution >= 0.6 is 15.9 Å². The van der Waals surface area contributed by atoms with Crippen LogP contribution in [-0.4, -0.2) is 11.6 Å². The molecular weight excluding hydrogens is 296 g/mol. The van der Waals surface area contributed by atoms with E-state index in [1.807, 2.05) is 25.1 Å². The highest BCUT2D eigenvalue weighted by molar-refractivity contribution is 9.10. The van der Waals surface area contributed by atoms with Gasteiger partial charge in [-0.3, -0.25) is 0 Å². The molecule has 5 heteroatoms. The molecule has 1 heterocycles. The summed E-state index contributed by atoms with van der Waals surface area (Å²) in [4.78, 5) is 4.15. The van der Waals surface area contributed by atoms with E-state index in [9.17, 15) is 0 Å². The lowest BCUT2D eigenvalue weighted by Crippen LogP contribution is -1.97. The molecule has 94 valence electrons. The van der Waals surface area contributed by atoms with E-state index in [0.717, 1.165) is 0 Å². The minimum Gasteiger partial charge on any atom is -0.488 e. The maximum Gasteiger partial charge on any atom is 0.262 e. The zero-order chi connectivity index (χ0) is 13.0. The van der Waals surface area contributed by atoms with Gasteiger partial charge in [0, 0.05) is 11.9 Å². The summed E-state index contributed by atoms with van der Waals surface area (Å²) in [6.45, 7) is 2.47. The Kier molecular flexibility index (Phi) is 4.04. The number of rotatable bonds is 4. The number of nitrogens with two attached hydrogens (primary N) is 1. The summed E-state index contributed by atoms with van der Waals surface area (Å²) >= 11 is 3.38. The maximum atomic E-state index is 5.79. The van der Waals surface area contributed by atoms with Crippen LogP contribution in [0.25, 0.3) is 0 Å². The summed E-state index contributed by atoms with van der Waals surface area (Å²) in [5.74, 6) is 1.63. The minimum atomic E-state index is 0.422. The number of halogens is 1. The molecule has 0 radical (unpaired) electrons. The average Bonchev–Trinajstić information content (AvgIpc) is 2.37. The molecule has 2 N–H and O–H groups in total. The van der Waals surface area contributed by atoms with E-state index in [1.54, 1.807) is 18.3 Å². The lowest BCUT2D eigenvalue weighted by molar-refractivity contribution is 0.316. The van der Waals surface area contributed by atoms with Gasteiger partial charge in [-0.05, 0) is 47.1 Å². The standard InChI is InChI=1S/C13H13BrN2O2/c1-2-17-11-7-4-8-16-13(11)18-10-6-3-5-9(15)12(10)14/h3-8H,2,15H2,1H3. The summed E-state index contributed by atoms with van der Waals surface area (Å²) < 4.78 is 11.9. The molecule has 0 unspecified atom stereocenters. The molecule has 0 aliphatic carbocycles. The third kappa shape index (κ3) is 2.73. The number of hydrogen-bond acceptors (Lipinski definition) is 4. The molecule has 0 fully saturated rings. The van der Waals surface area contributed by atoms with E-state index in [-0.39, 0.29) is 0 Å². The first kappa shape index (κ1) is 12.7. The smallest absolute Gasteiger partial charge is 0.262 e. The Balaban J connectivity index is 2.31. The normalized spacial score (nSPS) is 10.1. The van der Waals surface area contributed by atoms with Gasteiger partial charge in [-0.1, -0.05) is 6.07 Å². The molecule has 0 aliphatic rings. The molecule has 0 saturated heterocycles. The maximum absolute atomic E-state index is 5.79. The Bertz CT molecular complexity index is 546. The quantitative estimate of drug-likeness (QED) is 0.876. The van der Waals surface area contributed by atoms with E-state index in [0.29, 0.717) is 34.1 Å². The molecule has 0 spiro atoms. The first-order valence-corrected chi connectivity index (χ1v) is 6.31. The van der Waals surface area contributed by atoms with Gasteiger partial charge in [-0.15, -0.1) is 0 Å². The topological polar surface area (TPSA) is 57.4 Å². The fraction of sp³-hybridized carbons (Fsp3) is 0.154. The molecule has 0 saturated carbocycles. The van der Waals surface area contributed by atoms with Gasteiger partial charge in [-0.25, -0.2) is 4.98 Å². The molecule has 0 amide bonds. The Morgan fingerprint density at radius 1 is 1.22 bits per heavy atom. The van der Waals surface area contributed by atoms with E-state index < -0.39 is 0 Å². The Morgan fingerprint density at radius 2 is 2.00 bits per heavy atom. The number of pyridine rings is 1. The van der Waals surface area contributed by atoms with Crippen LogP contribution in [0.4, 0.5) is 5.69 Å². The van der Waals surface area contributed by atoms with Crippen molar-refractivity contribution < 1.29 is 9.47 Å². The van der Waals surface area contributed by atoms with Crippen molar-refractivity contribution in [2.75, 3.05) is 12.3 Å². The van der Waals surface area contributed by atoms with Crippen LogP contribution in [0.1, 0.15) is 6.92 Å². The van der Waals surface area contributed by atoms with Gasteiger partial charge in [0.25, 0.3) is 5.88 Å². The van der Waals surface area contributed by atoms with Crippen LogP contribution in [0.3, 0.4) is 0 Å². The molecule has 18 heavy (non-hydrogen) atoms. The number of ether oxygens (including phenoxy) is 2. The van der Waals surface area contributed by atoms with Gasteiger partial charge in [0.2, 0.25) is 0 Å². The molecule has 4 nitrogen and oxygen atoms in total. The van der Waals surface area contributed by atoms with Crippen molar-refractivity contribution in [2.45, 2.75) is 6.92 Å². The van der Waals surface area contributed by atoms with E-state index in [4.69, 9.17) is 15.2 Å². The summed E-state index contributed by atoms with van der Waals surface area (Å²) in [7, 11) is 0. The van der Waals surface area contributed by atoms with Gasteiger partial charge < -0.3 is 15.2 Å². The molecule has 0 bridgehead atoms. The molecule has 0 aliphatic heterocycles. The second-order valence-electron chi connectivity index (χ2n) is 3.50. The summed E-state index contributed by atoms with van der Waals surface area (Å²) in [6, 6.07) is 9.03. The van der Waals surface area contributed by atoms with Crippen LogP contribution in [0, 0.1) is 0 Å². The lowest BCUT2D eigenvalue weighted by atomic mass is 10.3. The number of aromatic nitrogens is 1. The predicted molar refractivity (Wildman–Crippen MR) is 74.0 cm³/mol. The molecule has 0 atom stereocenters. The van der Waals surface area contributed by atoms with Crippen LogP contribution < -0.4 is 15.2 Å². The summed E-state index contributed by atoms with van der Waals surface area (Å²) in [5, 5.41) is 0. The predicted octanol–water partition coefficient (Wildman–Crippen LogP) is 3.62. The second kappa shape index (κ2) is 5.73. The van der Waals surface area contributed by atoms with Crippen molar-refractivity contribution in [3.8, 4) is 17.4 Å². The minimum absolute atomic E-state index is 0.422. The van der Waals surface area contributed by atoms with Crippen molar-refractivity contribution in [3.05, 3.63) is 41.0 Å². The largest absolute Gasteiger partial charge is 0.488 e. The van der Waals surface area contributed by atoms with E-state index in [1.165, 1.54) is 0 Å². The molecule has 1 aromatic carbocycles. The van der Waals surface area contributed by atoms with Crippen molar-refractivity contribution in [2.24, 2.45) is 0 Å². The zero-order valence-corrected chi connectivity index (χ0v) is 11.5. The van der Waals surface area contributed by atoms with Gasteiger partial charge in [0.1, 0.15) is 5.75 Å². The number of benzene rings is 1. The third-order valence-electron chi connectivity index (χ3n) is 2.24.